The van der Waals surface area contributed by atoms with Crippen molar-refractivity contribution in [2.45, 2.75) is 58.5 Å². The molecule has 1 N–H and O–H groups in total. The third kappa shape index (κ3) is 2.68. The number of aromatic nitrogens is 1. The molecule has 1 aliphatic heterocycles. The van der Waals surface area contributed by atoms with Gasteiger partial charge in [-0.05, 0) is 60.1 Å². The first-order chi connectivity index (χ1) is 12.7. The van der Waals surface area contributed by atoms with E-state index < -0.39 is 0 Å². The molecule has 0 fully saturated rings. The zero-order valence-electron chi connectivity index (χ0n) is 16.2. The molecular formula is C24H29NO. The van der Waals surface area contributed by atoms with Gasteiger partial charge in [0.1, 0.15) is 5.60 Å². The SMILES string of the molecule is CCCC1(CC)OCCc2c1[nH]c1c(CC)cc(-c3ccccc3)cc21. The van der Waals surface area contributed by atoms with Crippen LogP contribution >= 0.6 is 0 Å². The molecule has 3 aromatic rings. The van der Waals surface area contributed by atoms with Crippen molar-refractivity contribution in [3.63, 3.8) is 0 Å². The molecule has 4 rings (SSSR count). The maximum Gasteiger partial charge on any atom is 0.108 e. The van der Waals surface area contributed by atoms with Gasteiger partial charge in [-0.1, -0.05) is 57.5 Å². The van der Waals surface area contributed by atoms with Crippen LogP contribution in [0, 0.1) is 0 Å². The van der Waals surface area contributed by atoms with Gasteiger partial charge in [0.15, 0.2) is 0 Å². The monoisotopic (exact) mass is 347 g/mol. The summed E-state index contributed by atoms with van der Waals surface area (Å²) in [4.78, 5) is 3.82. The van der Waals surface area contributed by atoms with E-state index in [9.17, 15) is 0 Å². The maximum absolute atomic E-state index is 6.37. The topological polar surface area (TPSA) is 25.0 Å². The van der Waals surface area contributed by atoms with Gasteiger partial charge in [-0.3, -0.25) is 0 Å². The van der Waals surface area contributed by atoms with Gasteiger partial charge in [0, 0.05) is 10.9 Å². The molecule has 1 atom stereocenters. The predicted octanol–water partition coefficient (Wildman–Crippen LogP) is 6.38. The summed E-state index contributed by atoms with van der Waals surface area (Å²) in [5, 5.41) is 1.40. The van der Waals surface area contributed by atoms with E-state index in [-0.39, 0.29) is 5.60 Å². The number of benzene rings is 2. The van der Waals surface area contributed by atoms with E-state index in [1.807, 2.05) is 0 Å². The van der Waals surface area contributed by atoms with Crippen molar-refractivity contribution in [2.24, 2.45) is 0 Å². The molecule has 1 aromatic heterocycles. The Morgan fingerprint density at radius 1 is 1.04 bits per heavy atom. The van der Waals surface area contributed by atoms with E-state index in [2.05, 4.69) is 68.2 Å². The molecule has 1 aliphatic rings. The zero-order chi connectivity index (χ0) is 18.1. The van der Waals surface area contributed by atoms with Crippen LogP contribution in [-0.4, -0.2) is 11.6 Å². The fraction of sp³-hybridized carbons (Fsp3) is 0.417. The third-order valence-corrected chi connectivity index (χ3v) is 6.00. The molecule has 2 nitrogen and oxygen atoms in total. The van der Waals surface area contributed by atoms with Crippen molar-refractivity contribution in [1.29, 1.82) is 0 Å². The minimum absolute atomic E-state index is 0.140. The lowest BCUT2D eigenvalue weighted by molar-refractivity contribution is -0.0723. The number of nitrogens with one attached hydrogen (secondary N) is 1. The maximum atomic E-state index is 6.37. The predicted molar refractivity (Wildman–Crippen MR) is 110 cm³/mol. The lowest BCUT2D eigenvalue weighted by atomic mass is 9.85. The number of hydrogen-bond acceptors (Lipinski definition) is 1. The fourth-order valence-corrected chi connectivity index (χ4v) is 4.62. The Morgan fingerprint density at radius 3 is 2.54 bits per heavy atom. The highest BCUT2D eigenvalue weighted by Gasteiger charge is 2.38. The van der Waals surface area contributed by atoms with E-state index >= 15 is 0 Å². The number of aryl methyl sites for hydroxylation is 1. The van der Waals surface area contributed by atoms with Gasteiger partial charge in [-0.2, -0.15) is 0 Å². The Balaban J connectivity index is 1.96. The van der Waals surface area contributed by atoms with Crippen molar-refractivity contribution in [3.05, 3.63) is 59.3 Å². The largest absolute Gasteiger partial charge is 0.368 e. The van der Waals surface area contributed by atoms with E-state index in [4.69, 9.17) is 4.74 Å². The van der Waals surface area contributed by atoms with Gasteiger partial charge < -0.3 is 9.72 Å². The van der Waals surface area contributed by atoms with Crippen LogP contribution in [0.3, 0.4) is 0 Å². The molecule has 0 bridgehead atoms. The first-order valence-corrected chi connectivity index (χ1v) is 10.1. The van der Waals surface area contributed by atoms with E-state index in [1.54, 1.807) is 0 Å². The van der Waals surface area contributed by atoms with Gasteiger partial charge in [0.2, 0.25) is 0 Å². The minimum Gasteiger partial charge on any atom is -0.368 e. The number of ether oxygens (including phenoxy) is 1. The fourth-order valence-electron chi connectivity index (χ4n) is 4.62. The Labute approximate surface area is 156 Å². The van der Waals surface area contributed by atoms with Crippen LogP contribution in [0.5, 0.6) is 0 Å². The summed E-state index contributed by atoms with van der Waals surface area (Å²) in [5.74, 6) is 0. The van der Waals surface area contributed by atoms with Gasteiger partial charge in [-0.25, -0.2) is 0 Å². The van der Waals surface area contributed by atoms with Crippen LogP contribution in [0.1, 0.15) is 56.9 Å². The quantitative estimate of drug-likeness (QED) is 0.569. The van der Waals surface area contributed by atoms with Crippen LogP contribution < -0.4 is 0 Å². The lowest BCUT2D eigenvalue weighted by Crippen LogP contribution is -2.35. The minimum atomic E-state index is -0.140. The van der Waals surface area contributed by atoms with Gasteiger partial charge in [0.25, 0.3) is 0 Å². The standard InChI is InChI=1S/C24H29NO/c1-4-13-24(6-3)23-20(12-14-26-24)21-16-19(18-10-8-7-9-11-18)15-17(5-2)22(21)25-23/h7-11,15-16,25H,4-6,12-14H2,1-3H3. The normalized spacial score (nSPS) is 19.7. The van der Waals surface area contributed by atoms with E-state index in [0.717, 1.165) is 38.7 Å². The number of aromatic amines is 1. The number of rotatable bonds is 5. The van der Waals surface area contributed by atoms with Crippen molar-refractivity contribution in [2.75, 3.05) is 6.61 Å². The smallest absolute Gasteiger partial charge is 0.108 e. The van der Waals surface area contributed by atoms with Crippen molar-refractivity contribution >= 4 is 10.9 Å². The highest BCUT2D eigenvalue weighted by molar-refractivity contribution is 5.92. The molecule has 0 saturated carbocycles. The second kappa shape index (κ2) is 6.92. The summed E-state index contributed by atoms with van der Waals surface area (Å²) >= 11 is 0. The molecule has 0 spiro atoms. The third-order valence-electron chi connectivity index (χ3n) is 6.00. The summed E-state index contributed by atoms with van der Waals surface area (Å²) < 4.78 is 6.37. The van der Waals surface area contributed by atoms with Gasteiger partial charge in [0.05, 0.1) is 12.3 Å². The zero-order valence-corrected chi connectivity index (χ0v) is 16.2. The molecule has 136 valence electrons. The summed E-state index contributed by atoms with van der Waals surface area (Å²) in [5.41, 5.74) is 8.01. The summed E-state index contributed by atoms with van der Waals surface area (Å²) in [6, 6.07) is 15.5. The number of H-pyrrole nitrogens is 1. The molecular weight excluding hydrogens is 318 g/mol. The summed E-state index contributed by atoms with van der Waals surface area (Å²) in [6.07, 6.45) is 5.27. The number of hydrogen-bond donors (Lipinski definition) is 1. The molecule has 2 heteroatoms. The molecule has 26 heavy (non-hydrogen) atoms. The average molecular weight is 348 g/mol. The molecule has 1 unspecified atom stereocenters. The van der Waals surface area contributed by atoms with Crippen molar-refractivity contribution in [3.8, 4) is 11.1 Å². The van der Waals surface area contributed by atoms with Gasteiger partial charge in [-0.15, -0.1) is 0 Å². The molecule has 0 radical (unpaired) electrons. The lowest BCUT2D eigenvalue weighted by Gasteiger charge is -2.36. The van der Waals surface area contributed by atoms with Crippen LogP contribution in [0.15, 0.2) is 42.5 Å². The Kier molecular flexibility index (Phi) is 4.62. The van der Waals surface area contributed by atoms with Crippen LogP contribution in [0.25, 0.3) is 22.0 Å². The molecule has 0 saturated heterocycles. The second-order valence-electron chi connectivity index (χ2n) is 7.45. The Bertz CT molecular complexity index is 909. The van der Waals surface area contributed by atoms with E-state index in [1.165, 1.54) is 38.9 Å². The van der Waals surface area contributed by atoms with Crippen molar-refractivity contribution < 1.29 is 4.74 Å². The van der Waals surface area contributed by atoms with Crippen LogP contribution in [0.4, 0.5) is 0 Å². The summed E-state index contributed by atoms with van der Waals surface area (Å²) in [7, 11) is 0. The number of fused-ring (bicyclic) bond motifs is 3. The first kappa shape index (κ1) is 17.4. The van der Waals surface area contributed by atoms with Crippen molar-refractivity contribution in [1.82, 2.24) is 4.98 Å². The first-order valence-electron chi connectivity index (χ1n) is 10.1. The Hall–Kier alpha value is -2.06. The molecule has 0 aliphatic carbocycles. The highest BCUT2D eigenvalue weighted by Crippen LogP contribution is 2.43. The van der Waals surface area contributed by atoms with Crippen LogP contribution in [-0.2, 0) is 23.2 Å². The highest BCUT2D eigenvalue weighted by atomic mass is 16.5. The second-order valence-corrected chi connectivity index (χ2v) is 7.45. The van der Waals surface area contributed by atoms with Gasteiger partial charge >= 0.3 is 0 Å². The molecule has 2 heterocycles. The molecule has 2 aromatic carbocycles. The van der Waals surface area contributed by atoms with Crippen LogP contribution in [0.2, 0.25) is 0 Å². The van der Waals surface area contributed by atoms with E-state index in [0.29, 0.717) is 0 Å². The average Bonchev–Trinajstić information content (AvgIpc) is 3.08. The summed E-state index contributed by atoms with van der Waals surface area (Å²) in [6.45, 7) is 7.58. The Morgan fingerprint density at radius 2 is 1.85 bits per heavy atom. The molecule has 0 amide bonds.